The molecule has 0 rings (SSSR count). The van der Waals surface area contributed by atoms with Gasteiger partial charge in [0.1, 0.15) is 0 Å². The standard InChI is InChI=1S/C6H15N3O.BrH/c1-9(2)4-3-8-6(10)5-7;/h3-5,7H2,1-2H3,(H,8,10);1H. The highest BCUT2D eigenvalue weighted by atomic mass is 79.9. The Balaban J connectivity index is 0. The summed E-state index contributed by atoms with van der Waals surface area (Å²) in [5.74, 6) is -0.0955. The zero-order chi connectivity index (χ0) is 7.98. The second-order valence-electron chi connectivity index (χ2n) is 2.36. The highest BCUT2D eigenvalue weighted by molar-refractivity contribution is 8.93. The molecule has 11 heavy (non-hydrogen) atoms. The lowest BCUT2D eigenvalue weighted by atomic mass is 10.5. The highest BCUT2D eigenvalue weighted by Crippen LogP contribution is 1.69. The van der Waals surface area contributed by atoms with Crippen molar-refractivity contribution in [3.05, 3.63) is 0 Å². The molecular weight excluding hydrogens is 210 g/mol. The third kappa shape index (κ3) is 9.87. The minimum Gasteiger partial charge on any atom is -0.354 e. The van der Waals surface area contributed by atoms with Crippen molar-refractivity contribution in [2.75, 3.05) is 33.7 Å². The lowest BCUT2D eigenvalue weighted by molar-refractivity contribution is -0.119. The van der Waals surface area contributed by atoms with Crippen LogP contribution < -0.4 is 11.1 Å². The molecule has 0 unspecified atom stereocenters. The average Bonchev–Trinajstić information content (AvgIpc) is 1.87. The summed E-state index contributed by atoms with van der Waals surface area (Å²) in [7, 11) is 3.91. The Kier molecular flexibility index (Phi) is 9.75. The van der Waals surface area contributed by atoms with E-state index in [2.05, 4.69) is 5.32 Å². The van der Waals surface area contributed by atoms with Crippen LogP contribution in [0.1, 0.15) is 0 Å². The van der Waals surface area contributed by atoms with Crippen LogP contribution in [0.15, 0.2) is 0 Å². The zero-order valence-electron chi connectivity index (χ0n) is 6.96. The van der Waals surface area contributed by atoms with Crippen LogP contribution in [0.4, 0.5) is 0 Å². The maximum Gasteiger partial charge on any atom is 0.233 e. The Morgan fingerprint density at radius 3 is 2.45 bits per heavy atom. The third-order valence-electron chi connectivity index (χ3n) is 1.07. The van der Waals surface area contributed by atoms with Crippen LogP contribution >= 0.6 is 17.0 Å². The van der Waals surface area contributed by atoms with Gasteiger partial charge in [0.05, 0.1) is 6.54 Å². The minimum atomic E-state index is -0.0955. The van der Waals surface area contributed by atoms with Gasteiger partial charge in [-0.25, -0.2) is 0 Å². The van der Waals surface area contributed by atoms with Gasteiger partial charge in [-0.05, 0) is 14.1 Å². The Hall–Kier alpha value is -0.130. The van der Waals surface area contributed by atoms with E-state index in [4.69, 9.17) is 5.73 Å². The van der Waals surface area contributed by atoms with Crippen LogP contribution in [0.2, 0.25) is 0 Å². The first-order valence-electron chi connectivity index (χ1n) is 3.28. The van der Waals surface area contributed by atoms with E-state index in [9.17, 15) is 4.79 Å². The van der Waals surface area contributed by atoms with Gasteiger partial charge in [-0.3, -0.25) is 4.79 Å². The van der Waals surface area contributed by atoms with Gasteiger partial charge in [-0.15, -0.1) is 17.0 Å². The average molecular weight is 226 g/mol. The fourth-order valence-electron chi connectivity index (χ4n) is 0.491. The molecule has 1 amide bonds. The van der Waals surface area contributed by atoms with Crippen molar-refractivity contribution in [1.82, 2.24) is 10.2 Å². The van der Waals surface area contributed by atoms with Gasteiger partial charge in [-0.1, -0.05) is 0 Å². The zero-order valence-corrected chi connectivity index (χ0v) is 8.68. The Bertz CT molecular complexity index is 108. The second-order valence-corrected chi connectivity index (χ2v) is 2.36. The fraction of sp³-hybridized carbons (Fsp3) is 0.833. The van der Waals surface area contributed by atoms with Crippen LogP contribution in [0, 0.1) is 0 Å². The van der Waals surface area contributed by atoms with Crippen LogP contribution in [-0.4, -0.2) is 44.5 Å². The normalized spacial score (nSPS) is 9.09. The van der Waals surface area contributed by atoms with Gasteiger partial charge < -0.3 is 16.0 Å². The quantitative estimate of drug-likeness (QED) is 0.659. The van der Waals surface area contributed by atoms with E-state index in [-0.39, 0.29) is 29.4 Å². The predicted octanol–water partition coefficient (Wildman–Crippen LogP) is -0.799. The molecule has 0 aliphatic carbocycles. The summed E-state index contributed by atoms with van der Waals surface area (Å²) in [6.45, 7) is 1.60. The van der Waals surface area contributed by atoms with Gasteiger partial charge in [0.15, 0.2) is 0 Å². The van der Waals surface area contributed by atoms with Crippen molar-refractivity contribution in [1.29, 1.82) is 0 Å². The molecule has 68 valence electrons. The lowest BCUT2D eigenvalue weighted by Crippen LogP contribution is -2.35. The number of carbonyl (C=O) groups is 1. The molecule has 0 aromatic rings. The van der Waals surface area contributed by atoms with Crippen molar-refractivity contribution in [3.8, 4) is 0 Å². The molecule has 5 heteroatoms. The molecule has 0 bridgehead atoms. The van der Waals surface area contributed by atoms with E-state index >= 15 is 0 Å². The second kappa shape index (κ2) is 7.97. The number of amides is 1. The smallest absolute Gasteiger partial charge is 0.233 e. The van der Waals surface area contributed by atoms with Crippen molar-refractivity contribution in [3.63, 3.8) is 0 Å². The number of nitrogens with zero attached hydrogens (tertiary/aromatic N) is 1. The van der Waals surface area contributed by atoms with Gasteiger partial charge in [0.2, 0.25) is 5.91 Å². The summed E-state index contributed by atoms with van der Waals surface area (Å²) in [6.07, 6.45) is 0. The third-order valence-corrected chi connectivity index (χ3v) is 1.07. The number of rotatable bonds is 4. The van der Waals surface area contributed by atoms with Crippen LogP contribution in [-0.2, 0) is 4.79 Å². The molecule has 0 aliphatic heterocycles. The van der Waals surface area contributed by atoms with Crippen molar-refractivity contribution >= 4 is 22.9 Å². The minimum absolute atomic E-state index is 0. The molecule has 0 spiro atoms. The Morgan fingerprint density at radius 1 is 1.55 bits per heavy atom. The van der Waals surface area contributed by atoms with Crippen molar-refractivity contribution in [2.45, 2.75) is 0 Å². The first kappa shape index (κ1) is 13.5. The van der Waals surface area contributed by atoms with E-state index in [1.54, 1.807) is 0 Å². The molecule has 0 heterocycles. The number of nitrogens with one attached hydrogen (secondary N) is 1. The molecule has 0 aromatic carbocycles. The largest absolute Gasteiger partial charge is 0.354 e. The molecule has 0 fully saturated rings. The molecule has 0 aliphatic rings. The number of hydrogen-bond donors (Lipinski definition) is 2. The topological polar surface area (TPSA) is 58.4 Å². The van der Waals surface area contributed by atoms with E-state index < -0.39 is 0 Å². The van der Waals surface area contributed by atoms with Crippen LogP contribution in [0.5, 0.6) is 0 Å². The molecule has 0 radical (unpaired) electrons. The van der Waals surface area contributed by atoms with E-state index in [0.717, 1.165) is 6.54 Å². The van der Waals surface area contributed by atoms with Crippen molar-refractivity contribution in [2.24, 2.45) is 5.73 Å². The monoisotopic (exact) mass is 225 g/mol. The summed E-state index contributed by atoms with van der Waals surface area (Å²) in [4.78, 5) is 12.5. The van der Waals surface area contributed by atoms with E-state index in [0.29, 0.717) is 6.54 Å². The Labute approximate surface area is 77.9 Å². The predicted molar refractivity (Wildman–Crippen MR) is 50.9 cm³/mol. The maximum absolute atomic E-state index is 10.5. The molecule has 0 saturated carbocycles. The fourth-order valence-corrected chi connectivity index (χ4v) is 0.491. The summed E-state index contributed by atoms with van der Waals surface area (Å²) < 4.78 is 0. The SMILES string of the molecule is Br.CN(C)CCNC(=O)CN. The van der Waals surface area contributed by atoms with Gasteiger partial charge in [-0.2, -0.15) is 0 Å². The number of nitrogens with two attached hydrogens (primary N) is 1. The molecule has 0 saturated heterocycles. The van der Waals surface area contributed by atoms with E-state index in [1.165, 1.54) is 0 Å². The Morgan fingerprint density at radius 2 is 2.09 bits per heavy atom. The van der Waals surface area contributed by atoms with E-state index in [1.807, 2.05) is 19.0 Å². The van der Waals surface area contributed by atoms with Gasteiger partial charge in [0, 0.05) is 13.1 Å². The molecule has 4 nitrogen and oxygen atoms in total. The number of likely N-dealkylation sites (N-methyl/N-ethyl adjacent to an activating group) is 1. The molecule has 0 atom stereocenters. The van der Waals surface area contributed by atoms with Gasteiger partial charge in [0.25, 0.3) is 0 Å². The number of halogens is 1. The summed E-state index contributed by atoms with van der Waals surface area (Å²) in [5.41, 5.74) is 5.06. The molecule has 0 aromatic heterocycles. The number of carbonyl (C=O) groups excluding carboxylic acids is 1. The lowest BCUT2D eigenvalue weighted by Gasteiger charge is -2.09. The molecular formula is C6H16BrN3O. The molecule has 3 N–H and O–H groups in total. The summed E-state index contributed by atoms with van der Waals surface area (Å²) >= 11 is 0. The van der Waals surface area contributed by atoms with Crippen LogP contribution in [0.25, 0.3) is 0 Å². The maximum atomic E-state index is 10.5. The van der Waals surface area contributed by atoms with Gasteiger partial charge >= 0.3 is 0 Å². The van der Waals surface area contributed by atoms with Crippen molar-refractivity contribution < 1.29 is 4.79 Å². The first-order valence-corrected chi connectivity index (χ1v) is 3.28. The number of hydrogen-bond acceptors (Lipinski definition) is 3. The van der Waals surface area contributed by atoms with Crippen LogP contribution in [0.3, 0.4) is 0 Å². The first-order chi connectivity index (χ1) is 4.66. The summed E-state index contributed by atoms with van der Waals surface area (Å²) in [5, 5.41) is 2.66. The highest BCUT2D eigenvalue weighted by Gasteiger charge is 1.94. The summed E-state index contributed by atoms with van der Waals surface area (Å²) in [6, 6.07) is 0.